The second-order valence-electron chi connectivity index (χ2n) is 5.25. The molecule has 2 aliphatic heterocycles. The standard InChI is InChI=1S/C13H21N3O5/c1-10(17)14-3-2-4-15(6-5-14)13(20)16-7-8-21-9-11(16)12(18)19/h11H,2-9H2,1H3,(H,18,19). The number of hydrogen-bond donors (Lipinski definition) is 1. The van der Waals surface area contributed by atoms with E-state index in [1.54, 1.807) is 9.80 Å². The van der Waals surface area contributed by atoms with Crippen molar-refractivity contribution in [3.8, 4) is 0 Å². The summed E-state index contributed by atoms with van der Waals surface area (Å²) in [4.78, 5) is 39.8. The van der Waals surface area contributed by atoms with Crippen LogP contribution < -0.4 is 0 Å². The van der Waals surface area contributed by atoms with Crippen LogP contribution in [0.15, 0.2) is 0 Å². The number of amides is 3. The van der Waals surface area contributed by atoms with Crippen LogP contribution in [0.2, 0.25) is 0 Å². The van der Waals surface area contributed by atoms with Crippen LogP contribution >= 0.6 is 0 Å². The largest absolute Gasteiger partial charge is 0.480 e. The normalized spacial score (nSPS) is 23.7. The van der Waals surface area contributed by atoms with E-state index in [2.05, 4.69) is 0 Å². The summed E-state index contributed by atoms with van der Waals surface area (Å²) in [5.74, 6) is -1.05. The Hall–Kier alpha value is -1.83. The first kappa shape index (κ1) is 15.6. The number of carboxylic acids is 1. The Morgan fingerprint density at radius 2 is 1.71 bits per heavy atom. The molecule has 2 saturated heterocycles. The number of carbonyl (C=O) groups is 3. The Balaban J connectivity index is 2.01. The molecule has 1 N–H and O–H groups in total. The molecule has 2 fully saturated rings. The number of rotatable bonds is 1. The zero-order valence-corrected chi connectivity index (χ0v) is 12.2. The molecule has 1 unspecified atom stereocenters. The third-order valence-electron chi connectivity index (χ3n) is 3.87. The van der Waals surface area contributed by atoms with Gasteiger partial charge in [0.25, 0.3) is 0 Å². The van der Waals surface area contributed by atoms with Gasteiger partial charge in [-0.3, -0.25) is 4.79 Å². The molecular weight excluding hydrogens is 278 g/mol. The van der Waals surface area contributed by atoms with Crippen molar-refractivity contribution >= 4 is 17.9 Å². The molecular formula is C13H21N3O5. The third kappa shape index (κ3) is 3.63. The van der Waals surface area contributed by atoms with Crippen molar-refractivity contribution < 1.29 is 24.2 Å². The molecule has 0 aromatic heterocycles. The summed E-state index contributed by atoms with van der Waals surface area (Å²) in [6.45, 7) is 4.25. The van der Waals surface area contributed by atoms with Crippen LogP contribution in [0.1, 0.15) is 13.3 Å². The fourth-order valence-corrected chi connectivity index (χ4v) is 2.64. The van der Waals surface area contributed by atoms with Gasteiger partial charge in [0.15, 0.2) is 6.04 Å². The first-order valence-electron chi connectivity index (χ1n) is 7.12. The summed E-state index contributed by atoms with van der Waals surface area (Å²) in [5.41, 5.74) is 0. The summed E-state index contributed by atoms with van der Waals surface area (Å²) in [6.07, 6.45) is 0.702. The van der Waals surface area contributed by atoms with Crippen LogP contribution in [0, 0.1) is 0 Å². The first-order valence-corrected chi connectivity index (χ1v) is 7.12. The van der Waals surface area contributed by atoms with Gasteiger partial charge in [-0.05, 0) is 6.42 Å². The zero-order chi connectivity index (χ0) is 15.4. The van der Waals surface area contributed by atoms with E-state index in [1.807, 2.05) is 0 Å². The van der Waals surface area contributed by atoms with Gasteiger partial charge < -0.3 is 24.5 Å². The summed E-state index contributed by atoms with van der Waals surface area (Å²) in [5, 5.41) is 9.18. The second kappa shape index (κ2) is 6.75. The first-order chi connectivity index (χ1) is 10.0. The molecule has 1 atom stereocenters. The number of urea groups is 1. The zero-order valence-electron chi connectivity index (χ0n) is 12.2. The van der Waals surface area contributed by atoms with E-state index >= 15 is 0 Å². The number of morpholine rings is 1. The van der Waals surface area contributed by atoms with Gasteiger partial charge >= 0.3 is 12.0 Å². The van der Waals surface area contributed by atoms with Gasteiger partial charge in [0, 0.05) is 39.6 Å². The third-order valence-corrected chi connectivity index (χ3v) is 3.87. The molecule has 2 rings (SSSR count). The molecule has 0 saturated carbocycles. The van der Waals surface area contributed by atoms with Crippen molar-refractivity contribution in [2.45, 2.75) is 19.4 Å². The Morgan fingerprint density at radius 3 is 2.38 bits per heavy atom. The maximum atomic E-state index is 12.5. The molecule has 118 valence electrons. The molecule has 0 radical (unpaired) electrons. The van der Waals surface area contributed by atoms with Crippen LogP contribution in [-0.4, -0.2) is 89.7 Å². The molecule has 2 heterocycles. The van der Waals surface area contributed by atoms with Crippen LogP contribution in [-0.2, 0) is 14.3 Å². The fraction of sp³-hybridized carbons (Fsp3) is 0.769. The smallest absolute Gasteiger partial charge is 0.328 e. The number of nitrogens with zero attached hydrogens (tertiary/aromatic N) is 3. The molecule has 0 aromatic carbocycles. The Morgan fingerprint density at radius 1 is 1.05 bits per heavy atom. The Labute approximate surface area is 123 Å². The summed E-state index contributed by atoms with van der Waals surface area (Å²) in [7, 11) is 0. The van der Waals surface area contributed by atoms with E-state index in [0.717, 1.165) is 0 Å². The number of carboxylic acid groups (broad SMARTS) is 1. The lowest BCUT2D eigenvalue weighted by molar-refractivity contribution is -0.147. The minimum absolute atomic E-state index is 0.000848. The number of hydrogen-bond acceptors (Lipinski definition) is 4. The topological polar surface area (TPSA) is 90.4 Å². The lowest BCUT2D eigenvalue weighted by Gasteiger charge is -2.36. The van der Waals surface area contributed by atoms with Crippen molar-refractivity contribution in [3.63, 3.8) is 0 Å². The lowest BCUT2D eigenvalue weighted by atomic mass is 10.2. The van der Waals surface area contributed by atoms with E-state index in [0.29, 0.717) is 39.2 Å². The highest BCUT2D eigenvalue weighted by molar-refractivity contribution is 5.83. The Bertz CT molecular complexity index is 428. The monoisotopic (exact) mass is 299 g/mol. The van der Waals surface area contributed by atoms with E-state index in [9.17, 15) is 19.5 Å². The molecule has 21 heavy (non-hydrogen) atoms. The van der Waals surface area contributed by atoms with Crippen LogP contribution in [0.3, 0.4) is 0 Å². The molecule has 0 bridgehead atoms. The predicted octanol–water partition coefficient (Wildman–Crippen LogP) is -0.554. The Kier molecular flexibility index (Phi) is 5.00. The minimum Gasteiger partial charge on any atom is -0.480 e. The predicted molar refractivity (Wildman–Crippen MR) is 72.8 cm³/mol. The van der Waals surface area contributed by atoms with Crippen LogP contribution in [0.4, 0.5) is 4.79 Å². The number of carbonyl (C=O) groups excluding carboxylic acids is 2. The SMILES string of the molecule is CC(=O)N1CCCN(C(=O)N2CCOCC2C(=O)O)CC1. The van der Waals surface area contributed by atoms with Gasteiger partial charge in [-0.2, -0.15) is 0 Å². The van der Waals surface area contributed by atoms with Gasteiger partial charge in [-0.25, -0.2) is 9.59 Å². The molecule has 0 aromatic rings. The fourth-order valence-electron chi connectivity index (χ4n) is 2.64. The lowest BCUT2D eigenvalue weighted by Crippen LogP contribution is -2.57. The minimum atomic E-state index is -1.05. The quantitative estimate of drug-likeness (QED) is 0.701. The second-order valence-corrected chi connectivity index (χ2v) is 5.25. The summed E-state index contributed by atoms with van der Waals surface area (Å²) < 4.78 is 5.14. The van der Waals surface area contributed by atoms with E-state index in [1.165, 1.54) is 11.8 Å². The van der Waals surface area contributed by atoms with Crippen molar-refractivity contribution in [1.29, 1.82) is 0 Å². The molecule has 8 nitrogen and oxygen atoms in total. The highest BCUT2D eigenvalue weighted by atomic mass is 16.5. The van der Waals surface area contributed by atoms with Gasteiger partial charge in [0.1, 0.15) is 0 Å². The van der Waals surface area contributed by atoms with Crippen molar-refractivity contribution in [2.24, 2.45) is 0 Å². The molecule has 8 heteroatoms. The van der Waals surface area contributed by atoms with E-state index < -0.39 is 12.0 Å². The van der Waals surface area contributed by atoms with E-state index in [-0.39, 0.29) is 25.1 Å². The average Bonchev–Trinajstić information content (AvgIpc) is 2.72. The average molecular weight is 299 g/mol. The van der Waals surface area contributed by atoms with Crippen molar-refractivity contribution in [3.05, 3.63) is 0 Å². The maximum absolute atomic E-state index is 12.5. The van der Waals surface area contributed by atoms with Gasteiger partial charge in [-0.1, -0.05) is 0 Å². The van der Waals surface area contributed by atoms with Gasteiger partial charge in [-0.15, -0.1) is 0 Å². The molecule has 0 aliphatic carbocycles. The highest BCUT2D eigenvalue weighted by Gasteiger charge is 2.35. The summed E-state index contributed by atoms with van der Waals surface area (Å²) in [6, 6.07) is -1.21. The van der Waals surface area contributed by atoms with Crippen LogP contribution in [0.5, 0.6) is 0 Å². The van der Waals surface area contributed by atoms with Crippen molar-refractivity contribution in [1.82, 2.24) is 14.7 Å². The van der Waals surface area contributed by atoms with E-state index in [4.69, 9.17) is 4.74 Å². The van der Waals surface area contributed by atoms with Crippen LogP contribution in [0.25, 0.3) is 0 Å². The van der Waals surface area contributed by atoms with Crippen molar-refractivity contribution in [2.75, 3.05) is 45.9 Å². The number of ether oxygens (including phenoxy) is 1. The van der Waals surface area contributed by atoms with Gasteiger partial charge in [0.2, 0.25) is 5.91 Å². The molecule has 3 amide bonds. The van der Waals surface area contributed by atoms with Gasteiger partial charge in [0.05, 0.1) is 13.2 Å². The summed E-state index contributed by atoms with van der Waals surface area (Å²) >= 11 is 0. The number of aliphatic carboxylic acids is 1. The molecule has 0 spiro atoms. The highest BCUT2D eigenvalue weighted by Crippen LogP contribution is 2.13. The molecule has 2 aliphatic rings. The maximum Gasteiger partial charge on any atom is 0.328 e.